The molecule has 2 nitrogen and oxygen atoms in total. The number of fused-ring (bicyclic) bond motifs is 2. The van der Waals surface area contributed by atoms with Gasteiger partial charge in [0.05, 0.1) is 5.57 Å². The van der Waals surface area contributed by atoms with Crippen molar-refractivity contribution < 1.29 is 13.1 Å². The fourth-order valence-electron chi connectivity index (χ4n) is 4.48. The third-order valence-corrected chi connectivity index (χ3v) is 5.72. The van der Waals surface area contributed by atoms with Crippen molar-refractivity contribution in [1.82, 2.24) is 4.48 Å². The van der Waals surface area contributed by atoms with Crippen LogP contribution < -0.4 is 0 Å². The second-order valence-electron chi connectivity index (χ2n) is 7.27. The Morgan fingerprint density at radius 3 is 2.38 bits per heavy atom. The van der Waals surface area contributed by atoms with Gasteiger partial charge in [-0.3, -0.25) is 0 Å². The van der Waals surface area contributed by atoms with Crippen LogP contribution >= 0.6 is 11.6 Å². The maximum absolute atomic E-state index is 15.6. The van der Waals surface area contributed by atoms with Crippen molar-refractivity contribution in [1.29, 1.82) is 0 Å². The number of halogens is 3. The summed E-state index contributed by atoms with van der Waals surface area (Å²) in [7, 11) is 0. The molecule has 2 aliphatic rings. The fraction of sp³-hybridized carbons (Fsp3) is 0.250. The zero-order valence-electron chi connectivity index (χ0n) is 15.5. The molecule has 1 aromatic heterocycles. The highest BCUT2D eigenvalue weighted by Crippen LogP contribution is 2.46. The van der Waals surface area contributed by atoms with Gasteiger partial charge in [0.2, 0.25) is 0 Å². The van der Waals surface area contributed by atoms with Crippen LogP contribution in [0.15, 0.2) is 41.6 Å². The number of hydrogen-bond acceptors (Lipinski definition) is 0. The molecule has 0 radical (unpaired) electrons. The summed E-state index contributed by atoms with van der Waals surface area (Å²) in [5.74, 6) is 0. The van der Waals surface area contributed by atoms with Crippen LogP contribution in [0.5, 0.6) is 0 Å². The van der Waals surface area contributed by atoms with Crippen LogP contribution in [0.1, 0.15) is 41.9 Å². The van der Waals surface area contributed by atoms with Gasteiger partial charge >= 0.3 is 6.97 Å². The van der Waals surface area contributed by atoms with E-state index in [1.54, 1.807) is 13.8 Å². The molecule has 0 aliphatic carbocycles. The van der Waals surface area contributed by atoms with Gasteiger partial charge in [-0.2, -0.15) is 0 Å². The summed E-state index contributed by atoms with van der Waals surface area (Å²) in [6.45, 7) is 5.26. The SMILES string of the molecule is CC1=CC(C)=[N+]2C1=C(c1c(C)cccc1Cl)c1c(C)cc(C)n1[B-]2(F)F. The van der Waals surface area contributed by atoms with Gasteiger partial charge in [0.15, 0.2) is 5.70 Å². The molecular formula is C20H20BClF2N2. The van der Waals surface area contributed by atoms with Crippen molar-refractivity contribution in [3.05, 3.63) is 74.7 Å². The minimum Gasteiger partial charge on any atom is -0.393 e. The summed E-state index contributed by atoms with van der Waals surface area (Å²) in [6.07, 6.45) is 1.83. The Labute approximate surface area is 157 Å². The number of aryl methyl sites for hydroxylation is 3. The molecular weight excluding hydrogens is 352 g/mol. The number of benzene rings is 1. The molecule has 26 heavy (non-hydrogen) atoms. The summed E-state index contributed by atoms with van der Waals surface area (Å²) < 4.78 is 33.5. The molecule has 0 bridgehead atoms. The van der Waals surface area contributed by atoms with Crippen molar-refractivity contribution in [2.75, 3.05) is 0 Å². The first kappa shape index (κ1) is 17.3. The van der Waals surface area contributed by atoms with Crippen LogP contribution in [-0.4, -0.2) is 21.6 Å². The van der Waals surface area contributed by atoms with E-state index < -0.39 is 6.97 Å². The van der Waals surface area contributed by atoms with E-state index in [0.29, 0.717) is 27.8 Å². The molecule has 1 aromatic carbocycles. The van der Waals surface area contributed by atoms with Crippen LogP contribution in [0.3, 0.4) is 0 Å². The van der Waals surface area contributed by atoms with E-state index in [4.69, 9.17) is 11.6 Å². The van der Waals surface area contributed by atoms with Crippen LogP contribution in [0.2, 0.25) is 5.02 Å². The highest BCUT2D eigenvalue weighted by molar-refractivity contribution is 6.58. The number of nitrogens with zero attached hydrogens (tertiary/aromatic N) is 2. The van der Waals surface area contributed by atoms with E-state index in [2.05, 4.69) is 0 Å². The quantitative estimate of drug-likeness (QED) is 0.584. The number of hydrogen-bond donors (Lipinski definition) is 0. The van der Waals surface area contributed by atoms with Crippen molar-refractivity contribution in [2.24, 2.45) is 0 Å². The maximum Gasteiger partial charge on any atom is 0.737 e. The summed E-state index contributed by atoms with van der Waals surface area (Å²) >= 11 is 6.56. The third kappa shape index (κ3) is 2.07. The summed E-state index contributed by atoms with van der Waals surface area (Å²) in [4.78, 5) is 0. The standard InChI is InChI=1S/C20H20BClF2N2/c1-11-7-6-8-16(22)17(11)18-19-12(2)9-14(4)25(19)21(23,24)26-15(5)10-13(3)20(18)26/h6-10H,1-5H3. The molecule has 4 rings (SSSR count). The normalized spacial score (nSPS) is 18.2. The first-order valence-electron chi connectivity index (χ1n) is 8.68. The van der Waals surface area contributed by atoms with Gasteiger partial charge in [0, 0.05) is 34.9 Å². The predicted molar refractivity (Wildman–Crippen MR) is 104 cm³/mol. The first-order chi connectivity index (χ1) is 12.2. The third-order valence-electron chi connectivity index (χ3n) is 5.41. The second-order valence-corrected chi connectivity index (χ2v) is 7.68. The van der Waals surface area contributed by atoms with Crippen molar-refractivity contribution in [2.45, 2.75) is 34.6 Å². The number of allylic oxidation sites excluding steroid dienone is 2. The second kappa shape index (κ2) is 5.43. The lowest BCUT2D eigenvalue weighted by atomic mass is 9.83. The van der Waals surface area contributed by atoms with Crippen molar-refractivity contribution >= 4 is 29.9 Å². The Hall–Kier alpha value is -2.14. The average molecular weight is 373 g/mol. The Morgan fingerprint density at radius 2 is 1.73 bits per heavy atom. The van der Waals surface area contributed by atoms with E-state index >= 15 is 8.63 Å². The molecule has 0 saturated heterocycles. The minimum absolute atomic E-state index is 0.557. The molecule has 3 heterocycles. The lowest BCUT2D eigenvalue weighted by Gasteiger charge is -2.34. The fourth-order valence-corrected chi connectivity index (χ4v) is 4.80. The van der Waals surface area contributed by atoms with Gasteiger partial charge in [-0.25, -0.2) is 0 Å². The minimum atomic E-state index is -3.96. The Kier molecular flexibility index (Phi) is 3.61. The molecule has 6 heteroatoms. The molecule has 0 atom stereocenters. The number of rotatable bonds is 1. The van der Waals surface area contributed by atoms with Crippen molar-refractivity contribution in [3.8, 4) is 0 Å². The van der Waals surface area contributed by atoms with Crippen LogP contribution in [0, 0.1) is 20.8 Å². The average Bonchev–Trinajstić information content (AvgIpc) is 2.99. The predicted octanol–water partition coefficient (Wildman–Crippen LogP) is 5.50. The Morgan fingerprint density at radius 1 is 1.04 bits per heavy atom. The monoisotopic (exact) mass is 372 g/mol. The first-order valence-corrected chi connectivity index (χ1v) is 9.06. The molecule has 0 saturated carbocycles. The van der Waals surface area contributed by atoms with Crippen LogP contribution in [0.4, 0.5) is 8.63 Å². The van der Waals surface area contributed by atoms with E-state index in [9.17, 15) is 0 Å². The molecule has 0 amide bonds. The molecule has 2 aromatic rings. The van der Waals surface area contributed by atoms with Gasteiger partial charge in [0.1, 0.15) is 5.71 Å². The zero-order chi connectivity index (χ0) is 19.0. The number of aromatic nitrogens is 1. The van der Waals surface area contributed by atoms with Crippen molar-refractivity contribution in [3.63, 3.8) is 0 Å². The van der Waals surface area contributed by atoms with Gasteiger partial charge in [-0.05, 0) is 56.6 Å². The van der Waals surface area contributed by atoms with E-state index in [1.165, 1.54) is 8.96 Å². The van der Waals surface area contributed by atoms with E-state index in [1.807, 2.05) is 51.1 Å². The van der Waals surface area contributed by atoms with E-state index in [-0.39, 0.29) is 0 Å². The van der Waals surface area contributed by atoms with Crippen LogP contribution in [0.25, 0.3) is 5.57 Å². The maximum atomic E-state index is 15.6. The highest BCUT2D eigenvalue weighted by atomic mass is 35.5. The molecule has 134 valence electrons. The summed E-state index contributed by atoms with van der Waals surface area (Å²) in [5, 5.41) is 0.576. The smallest absolute Gasteiger partial charge is 0.393 e. The zero-order valence-corrected chi connectivity index (χ0v) is 16.2. The molecule has 2 aliphatic heterocycles. The topological polar surface area (TPSA) is 7.94 Å². The van der Waals surface area contributed by atoms with Gasteiger partial charge in [-0.1, -0.05) is 23.7 Å². The van der Waals surface area contributed by atoms with Gasteiger partial charge < -0.3 is 17.6 Å². The molecule has 0 unspecified atom stereocenters. The molecule has 0 N–H and O–H groups in total. The molecule has 0 spiro atoms. The Bertz CT molecular complexity index is 1050. The highest BCUT2D eigenvalue weighted by Gasteiger charge is 2.55. The summed E-state index contributed by atoms with van der Waals surface area (Å²) in [5.41, 5.74) is 6.50. The molecule has 0 fully saturated rings. The largest absolute Gasteiger partial charge is 0.737 e. The Balaban J connectivity index is 2.24. The lowest BCUT2D eigenvalue weighted by Crippen LogP contribution is -2.51. The van der Waals surface area contributed by atoms with Gasteiger partial charge in [0.25, 0.3) is 0 Å². The van der Waals surface area contributed by atoms with Crippen LogP contribution in [-0.2, 0) is 0 Å². The lowest BCUT2D eigenvalue weighted by molar-refractivity contribution is -0.363. The van der Waals surface area contributed by atoms with E-state index in [0.717, 1.165) is 27.8 Å². The summed E-state index contributed by atoms with van der Waals surface area (Å²) in [6, 6.07) is 7.50. The van der Waals surface area contributed by atoms with Gasteiger partial charge in [-0.15, -0.1) is 0 Å².